The number of anilines is 1. The van der Waals surface area contributed by atoms with Gasteiger partial charge in [0.05, 0.1) is 0 Å². The highest BCUT2D eigenvalue weighted by Gasteiger charge is 2.32. The van der Waals surface area contributed by atoms with Gasteiger partial charge in [0.15, 0.2) is 0 Å². The number of nitrogens with zero attached hydrogens (tertiary/aromatic N) is 2. The fraction of sp³-hybridized carbons (Fsp3) is 0.273. The van der Waals surface area contributed by atoms with E-state index in [4.69, 9.17) is 5.73 Å². The molecule has 0 atom stereocenters. The van der Waals surface area contributed by atoms with Crippen LogP contribution in [0.15, 0.2) is 53.5 Å². The molecule has 0 radical (unpaired) electrons. The van der Waals surface area contributed by atoms with Crippen molar-refractivity contribution in [1.29, 1.82) is 0 Å². The lowest BCUT2D eigenvalue weighted by Crippen LogP contribution is -2.48. The number of allylic oxidation sites excluding steroid dienone is 2. The Morgan fingerprint density at radius 3 is 2.38 bits per heavy atom. The zero-order chi connectivity index (χ0) is 18.7. The number of carbonyl (C=O) groups excluding carboxylic acids is 1. The summed E-state index contributed by atoms with van der Waals surface area (Å²) in [6, 6.07) is 14.1. The molecule has 0 spiro atoms. The number of amides is 1. The van der Waals surface area contributed by atoms with Crippen LogP contribution in [0.2, 0.25) is 0 Å². The molecule has 1 fully saturated rings. The minimum atomic E-state index is 0.0555. The molecule has 1 amide bonds. The van der Waals surface area contributed by atoms with Crippen LogP contribution >= 0.6 is 0 Å². The molecule has 0 aliphatic carbocycles. The lowest BCUT2D eigenvalue weighted by Gasteiger charge is -2.39. The fourth-order valence-electron chi connectivity index (χ4n) is 3.21. The van der Waals surface area contributed by atoms with E-state index in [1.165, 1.54) is 5.56 Å². The molecule has 0 aromatic heterocycles. The van der Waals surface area contributed by atoms with E-state index in [0.717, 1.165) is 29.8 Å². The van der Waals surface area contributed by atoms with Crippen LogP contribution in [0.3, 0.4) is 0 Å². The van der Waals surface area contributed by atoms with E-state index in [2.05, 4.69) is 35.3 Å². The Kier molecular flexibility index (Phi) is 5.21. The van der Waals surface area contributed by atoms with Crippen LogP contribution in [0.5, 0.6) is 0 Å². The second kappa shape index (κ2) is 7.56. The number of carbonyl (C=O) groups is 1. The number of nitrogens with two attached hydrogens (primary N) is 1. The molecule has 0 saturated carbocycles. The standard InChI is InChI=1S/C22H25N3O/c1-4-16(12-24-3)17-7-9-18(10-8-17)20-13-25(14-20)22(26)19-6-5-15(2)21(23)11-19/h4-12,20H,13-14,23H2,1-3H3/b16-4+,24-12?. The smallest absolute Gasteiger partial charge is 0.253 e. The van der Waals surface area contributed by atoms with Gasteiger partial charge in [-0.15, -0.1) is 0 Å². The first-order valence-electron chi connectivity index (χ1n) is 8.87. The van der Waals surface area contributed by atoms with Crippen molar-refractivity contribution in [2.75, 3.05) is 25.9 Å². The van der Waals surface area contributed by atoms with Crippen molar-refractivity contribution >= 4 is 23.4 Å². The monoisotopic (exact) mass is 347 g/mol. The summed E-state index contributed by atoms with van der Waals surface area (Å²) in [5.41, 5.74) is 11.8. The highest BCUT2D eigenvalue weighted by atomic mass is 16.2. The van der Waals surface area contributed by atoms with Gasteiger partial charge in [0.1, 0.15) is 0 Å². The number of nitrogen functional groups attached to an aromatic ring is 1. The normalized spacial score (nSPS) is 15.3. The summed E-state index contributed by atoms with van der Waals surface area (Å²) in [5, 5.41) is 0. The number of aliphatic imine (C=N–C) groups is 1. The Labute approximate surface area is 155 Å². The van der Waals surface area contributed by atoms with E-state index < -0.39 is 0 Å². The largest absolute Gasteiger partial charge is 0.398 e. The van der Waals surface area contributed by atoms with E-state index in [9.17, 15) is 4.79 Å². The van der Waals surface area contributed by atoms with Crippen molar-refractivity contribution in [2.24, 2.45) is 4.99 Å². The van der Waals surface area contributed by atoms with Crippen molar-refractivity contribution in [3.8, 4) is 0 Å². The molecular formula is C22H25N3O. The quantitative estimate of drug-likeness (QED) is 0.673. The zero-order valence-corrected chi connectivity index (χ0v) is 15.6. The van der Waals surface area contributed by atoms with Gasteiger partial charge in [-0.25, -0.2) is 0 Å². The van der Waals surface area contributed by atoms with E-state index in [-0.39, 0.29) is 5.91 Å². The summed E-state index contributed by atoms with van der Waals surface area (Å²) < 4.78 is 0. The van der Waals surface area contributed by atoms with Gasteiger partial charge >= 0.3 is 0 Å². The molecule has 2 N–H and O–H groups in total. The predicted molar refractivity (Wildman–Crippen MR) is 109 cm³/mol. The molecule has 1 saturated heterocycles. The topological polar surface area (TPSA) is 58.7 Å². The van der Waals surface area contributed by atoms with Crippen molar-refractivity contribution < 1.29 is 4.79 Å². The number of benzene rings is 2. The molecule has 26 heavy (non-hydrogen) atoms. The SMILES string of the molecule is C/C=C(\C=NC)c1ccc(C2CN(C(=O)c3ccc(C)c(N)c3)C2)cc1. The van der Waals surface area contributed by atoms with Crippen molar-refractivity contribution in [3.63, 3.8) is 0 Å². The van der Waals surface area contributed by atoms with Crippen molar-refractivity contribution in [3.05, 3.63) is 70.8 Å². The Morgan fingerprint density at radius 2 is 1.81 bits per heavy atom. The molecule has 1 aliphatic heterocycles. The van der Waals surface area contributed by atoms with Gasteiger partial charge in [-0.05, 0) is 48.2 Å². The molecular weight excluding hydrogens is 322 g/mol. The van der Waals surface area contributed by atoms with Gasteiger partial charge < -0.3 is 10.6 Å². The zero-order valence-electron chi connectivity index (χ0n) is 15.6. The average molecular weight is 347 g/mol. The minimum absolute atomic E-state index is 0.0555. The van der Waals surface area contributed by atoms with Gasteiger partial charge in [-0.1, -0.05) is 36.4 Å². The van der Waals surface area contributed by atoms with Crippen LogP contribution in [0.1, 0.15) is 39.9 Å². The summed E-state index contributed by atoms with van der Waals surface area (Å²) in [4.78, 5) is 18.5. The maximum atomic E-state index is 12.6. The Balaban J connectivity index is 1.64. The third kappa shape index (κ3) is 3.54. The highest BCUT2D eigenvalue weighted by molar-refractivity contribution is 6.09. The van der Waals surface area contributed by atoms with Crippen LogP contribution in [0.25, 0.3) is 5.57 Å². The van der Waals surface area contributed by atoms with Crippen LogP contribution in [0, 0.1) is 6.92 Å². The fourth-order valence-corrected chi connectivity index (χ4v) is 3.21. The van der Waals surface area contributed by atoms with Crippen LogP contribution in [0.4, 0.5) is 5.69 Å². The van der Waals surface area contributed by atoms with Gasteiger partial charge in [-0.2, -0.15) is 0 Å². The Bertz CT molecular complexity index is 859. The number of hydrogen-bond acceptors (Lipinski definition) is 3. The lowest BCUT2D eigenvalue weighted by atomic mass is 9.89. The first-order chi connectivity index (χ1) is 12.5. The van der Waals surface area contributed by atoms with Gasteiger partial charge in [0.25, 0.3) is 5.91 Å². The van der Waals surface area contributed by atoms with Crippen LogP contribution in [-0.2, 0) is 0 Å². The molecule has 134 valence electrons. The van der Waals surface area contributed by atoms with Gasteiger partial charge in [-0.3, -0.25) is 9.79 Å². The predicted octanol–water partition coefficient (Wildman–Crippen LogP) is 3.92. The molecule has 4 heteroatoms. The van der Waals surface area contributed by atoms with Crippen molar-refractivity contribution in [2.45, 2.75) is 19.8 Å². The van der Waals surface area contributed by atoms with Crippen LogP contribution < -0.4 is 5.73 Å². The molecule has 2 aromatic carbocycles. The summed E-state index contributed by atoms with van der Waals surface area (Å²) in [6.45, 7) is 5.45. The lowest BCUT2D eigenvalue weighted by molar-refractivity contribution is 0.0602. The average Bonchev–Trinajstić information content (AvgIpc) is 2.61. The second-order valence-electron chi connectivity index (χ2n) is 6.73. The minimum Gasteiger partial charge on any atom is -0.398 e. The summed E-state index contributed by atoms with van der Waals surface area (Å²) >= 11 is 0. The molecule has 4 nitrogen and oxygen atoms in total. The summed E-state index contributed by atoms with van der Waals surface area (Å²) in [7, 11) is 1.78. The second-order valence-corrected chi connectivity index (χ2v) is 6.73. The number of likely N-dealkylation sites (tertiary alicyclic amines) is 1. The molecule has 1 aliphatic rings. The van der Waals surface area contributed by atoms with E-state index in [1.54, 1.807) is 13.1 Å². The van der Waals surface area contributed by atoms with E-state index >= 15 is 0 Å². The Morgan fingerprint density at radius 1 is 1.15 bits per heavy atom. The van der Waals surface area contributed by atoms with Gasteiger partial charge in [0, 0.05) is 43.5 Å². The summed E-state index contributed by atoms with van der Waals surface area (Å²) in [5.74, 6) is 0.449. The van der Waals surface area contributed by atoms with Gasteiger partial charge in [0.2, 0.25) is 0 Å². The molecule has 0 unspecified atom stereocenters. The molecule has 3 rings (SSSR count). The number of hydrogen-bond donors (Lipinski definition) is 1. The third-order valence-electron chi connectivity index (χ3n) is 4.99. The number of aryl methyl sites for hydroxylation is 1. The first kappa shape index (κ1) is 17.9. The first-order valence-corrected chi connectivity index (χ1v) is 8.87. The third-order valence-corrected chi connectivity index (χ3v) is 4.99. The molecule has 0 bridgehead atoms. The summed E-state index contributed by atoms with van der Waals surface area (Å²) in [6.07, 6.45) is 3.92. The maximum absolute atomic E-state index is 12.6. The number of rotatable bonds is 4. The van der Waals surface area contributed by atoms with Crippen LogP contribution in [-0.4, -0.2) is 37.2 Å². The molecule has 2 aromatic rings. The molecule has 1 heterocycles. The van der Waals surface area contributed by atoms with E-state index in [0.29, 0.717) is 17.2 Å². The van der Waals surface area contributed by atoms with Crippen molar-refractivity contribution in [1.82, 2.24) is 4.90 Å². The highest BCUT2D eigenvalue weighted by Crippen LogP contribution is 2.29. The Hall–Kier alpha value is -2.88. The van der Waals surface area contributed by atoms with E-state index in [1.807, 2.05) is 37.1 Å². The maximum Gasteiger partial charge on any atom is 0.253 e.